The van der Waals surface area contributed by atoms with Crippen molar-refractivity contribution in [2.75, 3.05) is 6.54 Å². The highest BCUT2D eigenvalue weighted by molar-refractivity contribution is 7.09. The van der Waals surface area contributed by atoms with Crippen LogP contribution in [-0.4, -0.2) is 16.5 Å². The third-order valence-corrected chi connectivity index (χ3v) is 3.28. The molecule has 0 unspecified atom stereocenters. The molecule has 0 fully saturated rings. The molecule has 0 aliphatic rings. The summed E-state index contributed by atoms with van der Waals surface area (Å²) in [5.41, 5.74) is 1.66. The number of aromatic nitrogens is 1. The van der Waals surface area contributed by atoms with Crippen LogP contribution in [-0.2, 0) is 6.54 Å². The molecule has 0 atom stereocenters. The van der Waals surface area contributed by atoms with Crippen molar-refractivity contribution in [2.24, 2.45) is 0 Å². The van der Waals surface area contributed by atoms with Gasteiger partial charge < -0.3 is 5.32 Å². The molecular formula is C12H14ClN3O2S. The van der Waals surface area contributed by atoms with E-state index in [1.54, 1.807) is 23.5 Å². The van der Waals surface area contributed by atoms with Crippen molar-refractivity contribution in [3.05, 3.63) is 44.8 Å². The maximum absolute atomic E-state index is 10.7. The standard InChI is InChI=1S/C12H13N3O2S.ClH/c1-2-13-7-12-14-11(8-18-12)9-4-3-5-10(6-9)15(16)17;/h3-6,8,13H,2,7H2,1H3;1H. The largest absolute Gasteiger partial charge is 0.311 e. The lowest BCUT2D eigenvalue weighted by Crippen LogP contribution is -2.11. The Hall–Kier alpha value is -1.50. The lowest BCUT2D eigenvalue weighted by atomic mass is 10.1. The molecule has 5 nitrogen and oxygen atoms in total. The summed E-state index contributed by atoms with van der Waals surface area (Å²) in [7, 11) is 0. The number of hydrogen-bond donors (Lipinski definition) is 1. The molecule has 1 aromatic carbocycles. The van der Waals surface area contributed by atoms with E-state index in [0.29, 0.717) is 0 Å². The Bertz CT molecular complexity index is 559. The Morgan fingerprint density at radius 2 is 2.26 bits per heavy atom. The van der Waals surface area contributed by atoms with Gasteiger partial charge in [0.05, 0.1) is 10.6 Å². The van der Waals surface area contributed by atoms with Gasteiger partial charge in [-0.1, -0.05) is 19.1 Å². The van der Waals surface area contributed by atoms with Crippen molar-refractivity contribution < 1.29 is 4.92 Å². The minimum Gasteiger partial charge on any atom is -0.311 e. The number of nitrogens with one attached hydrogen (secondary N) is 1. The maximum Gasteiger partial charge on any atom is 0.270 e. The molecule has 19 heavy (non-hydrogen) atoms. The Labute approximate surface area is 121 Å². The van der Waals surface area contributed by atoms with E-state index in [0.717, 1.165) is 29.4 Å². The molecule has 7 heteroatoms. The first kappa shape index (κ1) is 15.6. The first-order valence-electron chi connectivity index (χ1n) is 5.60. The van der Waals surface area contributed by atoms with E-state index >= 15 is 0 Å². The molecule has 0 aliphatic carbocycles. The van der Waals surface area contributed by atoms with Crippen LogP contribution in [0.5, 0.6) is 0 Å². The van der Waals surface area contributed by atoms with Crippen LogP contribution >= 0.6 is 23.7 Å². The number of rotatable bonds is 5. The summed E-state index contributed by atoms with van der Waals surface area (Å²) < 4.78 is 0. The van der Waals surface area contributed by atoms with Crippen molar-refractivity contribution in [1.82, 2.24) is 10.3 Å². The fourth-order valence-electron chi connectivity index (χ4n) is 1.54. The van der Waals surface area contributed by atoms with Gasteiger partial charge in [0.25, 0.3) is 5.69 Å². The molecule has 0 amide bonds. The van der Waals surface area contributed by atoms with Crippen molar-refractivity contribution in [3.8, 4) is 11.3 Å². The highest BCUT2D eigenvalue weighted by atomic mass is 35.5. The lowest BCUT2D eigenvalue weighted by molar-refractivity contribution is -0.384. The molecule has 1 N–H and O–H groups in total. The molecule has 102 valence electrons. The number of benzene rings is 1. The molecule has 1 aromatic heterocycles. The summed E-state index contributed by atoms with van der Waals surface area (Å²) in [5.74, 6) is 0. The number of thiazole rings is 1. The van der Waals surface area contributed by atoms with Gasteiger partial charge in [0, 0.05) is 29.6 Å². The SMILES string of the molecule is CCNCc1nc(-c2cccc([N+](=O)[O-])c2)cs1.Cl. The van der Waals surface area contributed by atoms with Crippen LogP contribution in [0, 0.1) is 10.1 Å². The Kier molecular flexibility index (Phi) is 5.88. The molecule has 0 saturated heterocycles. The van der Waals surface area contributed by atoms with Gasteiger partial charge in [0.15, 0.2) is 0 Å². The number of halogens is 1. The molecule has 2 rings (SSSR count). The average Bonchev–Trinajstić information content (AvgIpc) is 2.85. The van der Waals surface area contributed by atoms with E-state index in [-0.39, 0.29) is 18.1 Å². The van der Waals surface area contributed by atoms with E-state index in [1.807, 2.05) is 18.4 Å². The smallest absolute Gasteiger partial charge is 0.270 e. The molecule has 0 bridgehead atoms. The zero-order chi connectivity index (χ0) is 13.0. The van der Waals surface area contributed by atoms with Gasteiger partial charge in [0.2, 0.25) is 0 Å². The third kappa shape index (κ3) is 3.99. The minimum absolute atomic E-state index is 0. The van der Waals surface area contributed by atoms with Gasteiger partial charge in [-0.05, 0) is 6.54 Å². The molecule has 2 aromatic rings. The zero-order valence-electron chi connectivity index (χ0n) is 10.3. The first-order chi connectivity index (χ1) is 8.70. The van der Waals surface area contributed by atoms with Gasteiger partial charge in [-0.15, -0.1) is 23.7 Å². The topological polar surface area (TPSA) is 68.1 Å². The van der Waals surface area contributed by atoms with Gasteiger partial charge in [-0.3, -0.25) is 10.1 Å². The van der Waals surface area contributed by atoms with Crippen molar-refractivity contribution in [2.45, 2.75) is 13.5 Å². The van der Waals surface area contributed by atoms with Crippen molar-refractivity contribution >= 4 is 29.4 Å². The Balaban J connectivity index is 0.00000180. The number of non-ortho nitro benzene ring substituents is 1. The number of nitro benzene ring substituents is 1. The van der Waals surface area contributed by atoms with Crippen LogP contribution in [0.4, 0.5) is 5.69 Å². The van der Waals surface area contributed by atoms with Crippen molar-refractivity contribution in [1.29, 1.82) is 0 Å². The summed E-state index contributed by atoms with van der Waals surface area (Å²) in [6.45, 7) is 3.66. The number of hydrogen-bond acceptors (Lipinski definition) is 5. The van der Waals surface area contributed by atoms with Crippen LogP contribution in [0.3, 0.4) is 0 Å². The number of nitrogens with zero attached hydrogens (tertiary/aromatic N) is 2. The predicted molar refractivity (Wildman–Crippen MR) is 78.8 cm³/mol. The summed E-state index contributed by atoms with van der Waals surface area (Å²) in [6, 6.07) is 6.54. The van der Waals surface area contributed by atoms with Crippen LogP contribution in [0.25, 0.3) is 11.3 Å². The number of nitro groups is 1. The van der Waals surface area contributed by atoms with Gasteiger partial charge in [0.1, 0.15) is 5.01 Å². The maximum atomic E-state index is 10.7. The minimum atomic E-state index is -0.393. The molecule has 0 spiro atoms. The quantitative estimate of drug-likeness (QED) is 0.680. The average molecular weight is 300 g/mol. The van der Waals surface area contributed by atoms with E-state index in [1.165, 1.54) is 6.07 Å². The first-order valence-corrected chi connectivity index (χ1v) is 6.48. The van der Waals surface area contributed by atoms with Crippen molar-refractivity contribution in [3.63, 3.8) is 0 Å². The van der Waals surface area contributed by atoms with Gasteiger partial charge >= 0.3 is 0 Å². The van der Waals surface area contributed by atoms with Crippen LogP contribution < -0.4 is 5.32 Å². The van der Waals surface area contributed by atoms with E-state index in [4.69, 9.17) is 0 Å². The lowest BCUT2D eigenvalue weighted by Gasteiger charge is -1.97. The molecule has 1 heterocycles. The molecule has 0 aliphatic heterocycles. The fraction of sp³-hybridized carbons (Fsp3) is 0.250. The summed E-state index contributed by atoms with van der Waals surface area (Å²) in [4.78, 5) is 14.8. The van der Waals surface area contributed by atoms with Gasteiger partial charge in [-0.2, -0.15) is 0 Å². The Morgan fingerprint density at radius 3 is 2.95 bits per heavy atom. The zero-order valence-corrected chi connectivity index (χ0v) is 12.0. The summed E-state index contributed by atoms with van der Waals surface area (Å²) in [6.07, 6.45) is 0. The van der Waals surface area contributed by atoms with E-state index in [2.05, 4.69) is 10.3 Å². The summed E-state index contributed by atoms with van der Waals surface area (Å²) in [5, 5.41) is 16.8. The summed E-state index contributed by atoms with van der Waals surface area (Å²) >= 11 is 1.56. The van der Waals surface area contributed by atoms with Crippen LogP contribution in [0.15, 0.2) is 29.6 Å². The predicted octanol–water partition coefficient (Wildman–Crippen LogP) is 3.25. The van der Waals surface area contributed by atoms with Crippen LogP contribution in [0.2, 0.25) is 0 Å². The Morgan fingerprint density at radius 1 is 1.47 bits per heavy atom. The highest BCUT2D eigenvalue weighted by Crippen LogP contribution is 2.25. The second kappa shape index (κ2) is 7.18. The van der Waals surface area contributed by atoms with Gasteiger partial charge in [-0.25, -0.2) is 4.98 Å². The highest BCUT2D eigenvalue weighted by Gasteiger charge is 2.09. The second-order valence-electron chi connectivity index (χ2n) is 3.71. The normalized spacial score (nSPS) is 9.95. The molecule has 0 saturated carbocycles. The monoisotopic (exact) mass is 299 g/mol. The van der Waals surface area contributed by atoms with E-state index in [9.17, 15) is 10.1 Å². The molecule has 0 radical (unpaired) electrons. The van der Waals surface area contributed by atoms with E-state index < -0.39 is 4.92 Å². The fourth-order valence-corrected chi connectivity index (χ4v) is 2.31. The molecular weight excluding hydrogens is 286 g/mol. The van der Waals surface area contributed by atoms with Crippen LogP contribution in [0.1, 0.15) is 11.9 Å². The third-order valence-electron chi connectivity index (χ3n) is 2.43. The second-order valence-corrected chi connectivity index (χ2v) is 4.66.